The SMILES string of the molecule is Cc1ccc(C)c(C(C)NCc2csc3ccccc23)c1. The molecule has 3 aromatic rings. The minimum atomic E-state index is 0.364. The minimum absolute atomic E-state index is 0.364. The molecule has 0 aliphatic heterocycles. The molecule has 108 valence electrons. The quantitative estimate of drug-likeness (QED) is 0.682. The second kappa shape index (κ2) is 6.00. The Morgan fingerprint density at radius 2 is 1.90 bits per heavy atom. The molecule has 1 N–H and O–H groups in total. The number of hydrogen-bond donors (Lipinski definition) is 1. The number of hydrogen-bond acceptors (Lipinski definition) is 2. The van der Waals surface area contributed by atoms with Crippen LogP contribution in [0.4, 0.5) is 0 Å². The zero-order valence-corrected chi connectivity index (χ0v) is 13.6. The van der Waals surface area contributed by atoms with Gasteiger partial charge in [-0.1, -0.05) is 42.0 Å². The third kappa shape index (κ3) is 3.02. The van der Waals surface area contributed by atoms with Gasteiger partial charge in [-0.25, -0.2) is 0 Å². The molecule has 1 aromatic heterocycles. The highest BCUT2D eigenvalue weighted by Gasteiger charge is 2.10. The van der Waals surface area contributed by atoms with Crippen molar-refractivity contribution in [2.75, 3.05) is 0 Å². The van der Waals surface area contributed by atoms with Gasteiger partial charge in [0.2, 0.25) is 0 Å². The van der Waals surface area contributed by atoms with E-state index in [0.717, 1.165) is 6.54 Å². The summed E-state index contributed by atoms with van der Waals surface area (Å²) in [4.78, 5) is 0. The molecule has 0 saturated carbocycles. The Kier molecular flexibility index (Phi) is 4.09. The van der Waals surface area contributed by atoms with Crippen molar-refractivity contribution in [2.45, 2.75) is 33.4 Å². The Morgan fingerprint density at radius 3 is 2.76 bits per heavy atom. The Balaban J connectivity index is 1.76. The van der Waals surface area contributed by atoms with E-state index in [1.807, 2.05) is 11.3 Å². The van der Waals surface area contributed by atoms with E-state index in [1.54, 1.807) is 0 Å². The van der Waals surface area contributed by atoms with Crippen LogP contribution in [0.2, 0.25) is 0 Å². The number of benzene rings is 2. The highest BCUT2D eigenvalue weighted by molar-refractivity contribution is 7.17. The van der Waals surface area contributed by atoms with E-state index < -0.39 is 0 Å². The summed E-state index contributed by atoms with van der Waals surface area (Å²) in [6.07, 6.45) is 0. The lowest BCUT2D eigenvalue weighted by Crippen LogP contribution is -2.18. The lowest BCUT2D eigenvalue weighted by atomic mass is 10.00. The van der Waals surface area contributed by atoms with Crippen molar-refractivity contribution in [3.05, 3.63) is 70.1 Å². The van der Waals surface area contributed by atoms with Crippen molar-refractivity contribution in [2.24, 2.45) is 0 Å². The van der Waals surface area contributed by atoms with Crippen LogP contribution in [-0.2, 0) is 6.54 Å². The summed E-state index contributed by atoms with van der Waals surface area (Å²) in [7, 11) is 0. The lowest BCUT2D eigenvalue weighted by molar-refractivity contribution is 0.574. The molecular weight excluding hydrogens is 274 g/mol. The van der Waals surface area contributed by atoms with Gasteiger partial charge >= 0.3 is 0 Å². The predicted molar refractivity (Wildman–Crippen MR) is 93.0 cm³/mol. The normalized spacial score (nSPS) is 12.7. The van der Waals surface area contributed by atoms with Gasteiger partial charge in [0.15, 0.2) is 0 Å². The second-order valence-corrected chi connectivity index (χ2v) is 6.63. The van der Waals surface area contributed by atoms with E-state index in [2.05, 4.69) is 73.9 Å². The van der Waals surface area contributed by atoms with Crippen LogP contribution in [0.25, 0.3) is 10.1 Å². The maximum atomic E-state index is 3.67. The number of fused-ring (bicyclic) bond motifs is 1. The van der Waals surface area contributed by atoms with Gasteiger partial charge in [0, 0.05) is 17.3 Å². The van der Waals surface area contributed by atoms with E-state index in [-0.39, 0.29) is 0 Å². The van der Waals surface area contributed by atoms with E-state index in [1.165, 1.54) is 32.3 Å². The van der Waals surface area contributed by atoms with Crippen molar-refractivity contribution >= 4 is 21.4 Å². The standard InChI is InChI=1S/C19H21NS/c1-13-8-9-14(2)18(10-13)15(3)20-11-16-12-21-19-7-5-4-6-17(16)19/h4-10,12,15,20H,11H2,1-3H3. The van der Waals surface area contributed by atoms with Gasteiger partial charge in [-0.2, -0.15) is 0 Å². The van der Waals surface area contributed by atoms with Crippen LogP contribution in [0.15, 0.2) is 47.8 Å². The zero-order valence-electron chi connectivity index (χ0n) is 12.8. The molecule has 0 radical (unpaired) electrons. The molecular formula is C19H21NS. The van der Waals surface area contributed by atoms with Crippen LogP contribution in [-0.4, -0.2) is 0 Å². The number of aryl methyl sites for hydroxylation is 2. The van der Waals surface area contributed by atoms with Crippen molar-refractivity contribution in [3.63, 3.8) is 0 Å². The number of thiophene rings is 1. The van der Waals surface area contributed by atoms with E-state index in [4.69, 9.17) is 0 Å². The molecule has 1 unspecified atom stereocenters. The summed E-state index contributed by atoms with van der Waals surface area (Å²) in [6, 6.07) is 15.7. The fraction of sp³-hybridized carbons (Fsp3) is 0.263. The molecule has 0 spiro atoms. The summed E-state index contributed by atoms with van der Waals surface area (Å²) in [6.45, 7) is 7.50. The largest absolute Gasteiger partial charge is 0.306 e. The van der Waals surface area contributed by atoms with Gasteiger partial charge in [0.25, 0.3) is 0 Å². The molecule has 1 nitrogen and oxygen atoms in total. The molecule has 0 saturated heterocycles. The predicted octanol–water partition coefficient (Wildman–Crippen LogP) is 5.37. The fourth-order valence-corrected chi connectivity index (χ4v) is 3.73. The van der Waals surface area contributed by atoms with Crippen LogP contribution in [0.3, 0.4) is 0 Å². The Labute approximate surface area is 130 Å². The van der Waals surface area contributed by atoms with Crippen molar-refractivity contribution < 1.29 is 0 Å². The van der Waals surface area contributed by atoms with Crippen molar-refractivity contribution in [1.29, 1.82) is 0 Å². The first kappa shape index (κ1) is 14.3. The average molecular weight is 295 g/mol. The van der Waals surface area contributed by atoms with Gasteiger partial charge in [-0.15, -0.1) is 11.3 Å². The third-order valence-electron chi connectivity index (χ3n) is 4.06. The molecule has 21 heavy (non-hydrogen) atoms. The molecule has 0 amide bonds. The van der Waals surface area contributed by atoms with Crippen LogP contribution in [0.1, 0.15) is 35.2 Å². The molecule has 2 heteroatoms. The van der Waals surface area contributed by atoms with E-state index in [0.29, 0.717) is 6.04 Å². The van der Waals surface area contributed by atoms with Crippen LogP contribution >= 0.6 is 11.3 Å². The fourth-order valence-electron chi connectivity index (χ4n) is 2.77. The Morgan fingerprint density at radius 1 is 1.10 bits per heavy atom. The maximum absolute atomic E-state index is 3.67. The highest BCUT2D eigenvalue weighted by atomic mass is 32.1. The summed E-state index contributed by atoms with van der Waals surface area (Å²) < 4.78 is 1.37. The molecule has 0 aliphatic rings. The first-order valence-corrected chi connectivity index (χ1v) is 8.29. The number of nitrogens with one attached hydrogen (secondary N) is 1. The lowest BCUT2D eigenvalue weighted by Gasteiger charge is -2.17. The molecule has 1 heterocycles. The molecule has 3 rings (SSSR count). The molecule has 0 bridgehead atoms. The highest BCUT2D eigenvalue weighted by Crippen LogP contribution is 2.26. The monoisotopic (exact) mass is 295 g/mol. The maximum Gasteiger partial charge on any atom is 0.0346 e. The first-order chi connectivity index (χ1) is 10.1. The van der Waals surface area contributed by atoms with E-state index in [9.17, 15) is 0 Å². The first-order valence-electron chi connectivity index (χ1n) is 7.41. The smallest absolute Gasteiger partial charge is 0.0346 e. The third-order valence-corrected chi connectivity index (χ3v) is 5.07. The summed E-state index contributed by atoms with van der Waals surface area (Å²) in [5, 5.41) is 7.32. The van der Waals surface area contributed by atoms with Crippen LogP contribution < -0.4 is 5.32 Å². The summed E-state index contributed by atoms with van der Waals surface area (Å²) in [5.41, 5.74) is 5.48. The molecule has 1 atom stereocenters. The molecule has 0 fully saturated rings. The minimum Gasteiger partial charge on any atom is -0.306 e. The van der Waals surface area contributed by atoms with Crippen molar-refractivity contribution in [3.8, 4) is 0 Å². The Bertz CT molecular complexity index is 757. The molecule has 2 aromatic carbocycles. The van der Waals surface area contributed by atoms with Crippen molar-refractivity contribution in [1.82, 2.24) is 5.32 Å². The van der Waals surface area contributed by atoms with Gasteiger partial charge in [0.1, 0.15) is 0 Å². The second-order valence-electron chi connectivity index (χ2n) is 5.72. The van der Waals surface area contributed by atoms with Gasteiger partial charge < -0.3 is 5.32 Å². The summed E-state index contributed by atoms with van der Waals surface area (Å²) >= 11 is 1.83. The number of rotatable bonds is 4. The summed E-state index contributed by atoms with van der Waals surface area (Å²) in [5.74, 6) is 0. The van der Waals surface area contributed by atoms with Crippen LogP contribution in [0.5, 0.6) is 0 Å². The van der Waals surface area contributed by atoms with E-state index >= 15 is 0 Å². The topological polar surface area (TPSA) is 12.0 Å². The van der Waals surface area contributed by atoms with Gasteiger partial charge in [0.05, 0.1) is 0 Å². The molecule has 0 aliphatic carbocycles. The van der Waals surface area contributed by atoms with Crippen LogP contribution in [0, 0.1) is 13.8 Å². The van der Waals surface area contributed by atoms with Gasteiger partial charge in [-0.05, 0) is 54.3 Å². The van der Waals surface area contributed by atoms with Gasteiger partial charge in [-0.3, -0.25) is 0 Å². The zero-order chi connectivity index (χ0) is 14.8. The Hall–Kier alpha value is -1.64. The average Bonchev–Trinajstić information content (AvgIpc) is 2.90.